The Labute approximate surface area is 150 Å². The molecule has 0 bridgehead atoms. The van der Waals surface area contributed by atoms with Crippen molar-refractivity contribution in [3.05, 3.63) is 93.5 Å². The van der Waals surface area contributed by atoms with Crippen molar-refractivity contribution in [3.63, 3.8) is 0 Å². The molecule has 0 atom stereocenters. The summed E-state index contributed by atoms with van der Waals surface area (Å²) in [4.78, 5) is 11.6. The number of benzene rings is 2. The molecule has 1 heterocycles. The quantitative estimate of drug-likeness (QED) is 0.709. The fourth-order valence-electron chi connectivity index (χ4n) is 2.24. The van der Waals surface area contributed by atoms with Gasteiger partial charge in [-0.05, 0) is 36.4 Å². The fourth-order valence-corrected chi connectivity index (χ4v) is 2.24. The van der Waals surface area contributed by atoms with Crippen LogP contribution in [0.2, 0.25) is 0 Å². The van der Waals surface area contributed by atoms with E-state index in [-0.39, 0.29) is 24.7 Å². The van der Waals surface area contributed by atoms with Gasteiger partial charge in [-0.1, -0.05) is 30.0 Å². The van der Waals surface area contributed by atoms with Crippen LogP contribution in [0.15, 0.2) is 69.9 Å². The molecule has 0 amide bonds. The van der Waals surface area contributed by atoms with Gasteiger partial charge in [0, 0.05) is 17.2 Å². The molecular formula is C21H17NO4. The standard InChI is InChI=1S/C21H17NO4/c22-13-18-12-19(23)21(24)20(26-18)14-25-17-10-8-16(9-11-17)7-6-15-4-2-1-3-5-15/h1-5,8-12,24H,13-14,22H2. The molecule has 0 spiro atoms. The molecule has 5 heteroatoms. The van der Waals surface area contributed by atoms with Gasteiger partial charge in [0.1, 0.15) is 18.1 Å². The fraction of sp³-hybridized carbons (Fsp3) is 0.0952. The first-order chi connectivity index (χ1) is 12.7. The Bertz CT molecular complexity index is 996. The Morgan fingerprint density at radius 1 is 1.00 bits per heavy atom. The lowest BCUT2D eigenvalue weighted by molar-refractivity contribution is 0.248. The number of hydrogen-bond acceptors (Lipinski definition) is 5. The SMILES string of the molecule is NCc1cc(=O)c(O)c(COc2ccc(C#Cc3ccccc3)cc2)o1. The number of nitrogens with two attached hydrogens (primary N) is 1. The maximum atomic E-state index is 11.6. The van der Waals surface area contributed by atoms with Crippen LogP contribution >= 0.6 is 0 Å². The minimum atomic E-state index is -0.540. The molecule has 0 saturated carbocycles. The summed E-state index contributed by atoms with van der Waals surface area (Å²) in [5.74, 6) is 6.59. The summed E-state index contributed by atoms with van der Waals surface area (Å²) < 4.78 is 10.9. The van der Waals surface area contributed by atoms with Crippen LogP contribution in [0.3, 0.4) is 0 Å². The molecule has 130 valence electrons. The van der Waals surface area contributed by atoms with E-state index in [9.17, 15) is 9.90 Å². The predicted octanol–water partition coefficient (Wildman–Crippen LogP) is 2.78. The van der Waals surface area contributed by atoms with Crippen LogP contribution in [-0.4, -0.2) is 5.11 Å². The minimum absolute atomic E-state index is 0.0471. The lowest BCUT2D eigenvalue weighted by Crippen LogP contribution is -2.09. The van der Waals surface area contributed by atoms with Crippen molar-refractivity contribution in [1.29, 1.82) is 0 Å². The van der Waals surface area contributed by atoms with Gasteiger partial charge in [0.25, 0.3) is 0 Å². The summed E-state index contributed by atoms with van der Waals surface area (Å²) in [7, 11) is 0. The minimum Gasteiger partial charge on any atom is -0.502 e. The van der Waals surface area contributed by atoms with Crippen LogP contribution in [-0.2, 0) is 13.2 Å². The summed E-state index contributed by atoms with van der Waals surface area (Å²) in [5.41, 5.74) is 6.71. The summed E-state index contributed by atoms with van der Waals surface area (Å²) in [6.45, 7) is -0.0126. The smallest absolute Gasteiger partial charge is 0.227 e. The van der Waals surface area contributed by atoms with Gasteiger partial charge in [-0.15, -0.1) is 0 Å². The lowest BCUT2D eigenvalue weighted by Gasteiger charge is -2.08. The molecule has 3 N–H and O–H groups in total. The van der Waals surface area contributed by atoms with Crippen molar-refractivity contribution < 1.29 is 14.3 Å². The topological polar surface area (TPSA) is 85.7 Å². The van der Waals surface area contributed by atoms with Crippen LogP contribution < -0.4 is 15.9 Å². The average molecular weight is 347 g/mol. The molecule has 3 rings (SSSR count). The molecule has 0 aliphatic carbocycles. The molecule has 1 aromatic heterocycles. The van der Waals surface area contributed by atoms with Crippen molar-refractivity contribution >= 4 is 0 Å². The summed E-state index contributed by atoms with van der Waals surface area (Å²) in [5, 5.41) is 9.77. The zero-order valence-electron chi connectivity index (χ0n) is 13.9. The second-order valence-corrected chi connectivity index (χ2v) is 5.48. The zero-order valence-corrected chi connectivity index (χ0v) is 13.9. The molecule has 0 unspecified atom stereocenters. The normalized spacial score (nSPS) is 10.0. The van der Waals surface area contributed by atoms with Crippen molar-refractivity contribution in [1.82, 2.24) is 0 Å². The van der Waals surface area contributed by atoms with Gasteiger partial charge >= 0.3 is 0 Å². The largest absolute Gasteiger partial charge is 0.502 e. The van der Waals surface area contributed by atoms with Crippen LogP contribution in [0, 0.1) is 11.8 Å². The Kier molecular flexibility index (Phi) is 5.37. The number of aromatic hydroxyl groups is 1. The van der Waals surface area contributed by atoms with Crippen LogP contribution in [0.25, 0.3) is 0 Å². The number of hydrogen-bond donors (Lipinski definition) is 2. The molecule has 0 aliphatic heterocycles. The van der Waals surface area contributed by atoms with Crippen molar-refractivity contribution in [2.45, 2.75) is 13.2 Å². The van der Waals surface area contributed by atoms with E-state index in [0.29, 0.717) is 5.75 Å². The Hall–Kier alpha value is -3.49. The van der Waals surface area contributed by atoms with E-state index in [4.69, 9.17) is 14.9 Å². The molecule has 0 radical (unpaired) electrons. The molecule has 0 saturated heterocycles. The highest BCUT2D eigenvalue weighted by atomic mass is 16.5. The van der Waals surface area contributed by atoms with E-state index >= 15 is 0 Å². The van der Waals surface area contributed by atoms with E-state index in [0.717, 1.165) is 11.1 Å². The van der Waals surface area contributed by atoms with Crippen molar-refractivity contribution in [3.8, 4) is 23.3 Å². The Balaban J connectivity index is 1.68. The second-order valence-electron chi connectivity index (χ2n) is 5.48. The molecule has 5 nitrogen and oxygen atoms in total. The molecule has 0 fully saturated rings. The summed E-state index contributed by atoms with van der Waals surface area (Å²) in [6, 6.07) is 18.1. The highest BCUT2D eigenvalue weighted by Crippen LogP contribution is 2.18. The van der Waals surface area contributed by atoms with Gasteiger partial charge < -0.3 is 20.0 Å². The molecule has 26 heavy (non-hydrogen) atoms. The number of ether oxygens (including phenoxy) is 1. The predicted molar refractivity (Wildman–Crippen MR) is 97.7 cm³/mol. The average Bonchev–Trinajstić information content (AvgIpc) is 2.69. The maximum absolute atomic E-state index is 11.6. The Morgan fingerprint density at radius 2 is 1.65 bits per heavy atom. The molecule has 2 aromatic carbocycles. The highest BCUT2D eigenvalue weighted by molar-refractivity contribution is 5.44. The third-order valence-corrected chi connectivity index (χ3v) is 3.59. The maximum Gasteiger partial charge on any atom is 0.227 e. The van der Waals surface area contributed by atoms with Crippen LogP contribution in [0.4, 0.5) is 0 Å². The van der Waals surface area contributed by atoms with Crippen molar-refractivity contribution in [2.75, 3.05) is 0 Å². The first-order valence-electron chi connectivity index (χ1n) is 8.00. The van der Waals surface area contributed by atoms with Gasteiger partial charge in [0.15, 0.2) is 5.76 Å². The summed E-state index contributed by atoms with van der Waals surface area (Å²) in [6.07, 6.45) is 0. The van der Waals surface area contributed by atoms with Gasteiger partial charge in [0.2, 0.25) is 11.2 Å². The van der Waals surface area contributed by atoms with Gasteiger partial charge in [-0.3, -0.25) is 4.79 Å². The van der Waals surface area contributed by atoms with E-state index in [1.165, 1.54) is 6.07 Å². The molecular weight excluding hydrogens is 330 g/mol. The van der Waals surface area contributed by atoms with Crippen LogP contribution in [0.1, 0.15) is 22.6 Å². The monoisotopic (exact) mass is 347 g/mol. The van der Waals surface area contributed by atoms with Gasteiger partial charge in [-0.2, -0.15) is 0 Å². The number of rotatable bonds is 4. The lowest BCUT2D eigenvalue weighted by atomic mass is 10.2. The third kappa shape index (κ3) is 4.32. The first kappa shape index (κ1) is 17.3. The van der Waals surface area contributed by atoms with E-state index in [1.807, 2.05) is 42.5 Å². The van der Waals surface area contributed by atoms with E-state index in [2.05, 4.69) is 11.8 Å². The van der Waals surface area contributed by atoms with E-state index < -0.39 is 11.2 Å². The Morgan fingerprint density at radius 3 is 2.31 bits per heavy atom. The molecule has 3 aromatic rings. The molecule has 0 aliphatic rings. The van der Waals surface area contributed by atoms with Crippen LogP contribution in [0.5, 0.6) is 11.5 Å². The summed E-state index contributed by atoms with van der Waals surface area (Å²) >= 11 is 0. The highest BCUT2D eigenvalue weighted by Gasteiger charge is 2.11. The first-order valence-corrected chi connectivity index (χ1v) is 8.00. The van der Waals surface area contributed by atoms with Crippen molar-refractivity contribution in [2.24, 2.45) is 5.73 Å². The van der Waals surface area contributed by atoms with E-state index in [1.54, 1.807) is 12.1 Å². The second kappa shape index (κ2) is 8.06. The zero-order chi connectivity index (χ0) is 18.4. The van der Waals surface area contributed by atoms with Gasteiger partial charge in [0.05, 0.1) is 6.54 Å². The third-order valence-electron chi connectivity index (χ3n) is 3.59. The van der Waals surface area contributed by atoms with Gasteiger partial charge in [-0.25, -0.2) is 0 Å².